The molecule has 2 amide bonds. The van der Waals surface area contributed by atoms with Crippen molar-refractivity contribution in [2.24, 2.45) is 0 Å². The number of aliphatic hydroxyl groups is 1. The lowest BCUT2D eigenvalue weighted by Crippen LogP contribution is -2.35. The van der Waals surface area contributed by atoms with Gasteiger partial charge in [-0.15, -0.1) is 11.3 Å². The van der Waals surface area contributed by atoms with Crippen molar-refractivity contribution in [2.45, 2.75) is 12.2 Å². The standard InChI is InChI=1S/C17H18N2O4S/c1-18-9-8-17(22,13-7-4-10-24-13)23-12-6-3-5-11-14(12)16(21)19(2)15(11)20/h3-7,10,18,22H,8-9H2,1-2H3. The Hall–Kier alpha value is -2.22. The molecule has 1 atom stereocenters. The summed E-state index contributed by atoms with van der Waals surface area (Å²) in [6.07, 6.45) is 0.297. The molecule has 1 unspecified atom stereocenters. The number of carbonyl (C=O) groups is 2. The molecule has 126 valence electrons. The van der Waals surface area contributed by atoms with E-state index in [9.17, 15) is 14.7 Å². The minimum atomic E-state index is -1.57. The van der Waals surface area contributed by atoms with Crippen LogP contribution in [0.2, 0.25) is 0 Å². The number of ether oxygens (including phenoxy) is 1. The summed E-state index contributed by atoms with van der Waals surface area (Å²) in [6.45, 7) is 0.524. The molecule has 6 nitrogen and oxygen atoms in total. The molecule has 0 saturated heterocycles. The van der Waals surface area contributed by atoms with Crippen molar-refractivity contribution >= 4 is 23.2 Å². The molecule has 2 heterocycles. The van der Waals surface area contributed by atoms with Gasteiger partial charge < -0.3 is 15.2 Å². The van der Waals surface area contributed by atoms with Crippen LogP contribution in [0.5, 0.6) is 5.75 Å². The lowest BCUT2D eigenvalue weighted by atomic mass is 10.1. The van der Waals surface area contributed by atoms with Gasteiger partial charge in [0.15, 0.2) is 0 Å². The van der Waals surface area contributed by atoms with Crippen LogP contribution in [0.4, 0.5) is 0 Å². The van der Waals surface area contributed by atoms with Crippen LogP contribution in [0.3, 0.4) is 0 Å². The maximum Gasteiger partial charge on any atom is 0.265 e. The molecule has 0 saturated carbocycles. The zero-order chi connectivity index (χ0) is 17.3. The minimum absolute atomic E-state index is 0.199. The molecule has 1 aromatic heterocycles. The van der Waals surface area contributed by atoms with Gasteiger partial charge in [-0.1, -0.05) is 12.1 Å². The predicted octanol–water partition coefficient (Wildman–Crippen LogP) is 1.81. The first kappa shape index (κ1) is 16.6. The first-order valence-electron chi connectivity index (χ1n) is 7.53. The van der Waals surface area contributed by atoms with Gasteiger partial charge in [0, 0.05) is 20.0 Å². The lowest BCUT2D eigenvalue weighted by molar-refractivity contribution is -0.147. The van der Waals surface area contributed by atoms with Gasteiger partial charge in [0.1, 0.15) is 5.75 Å². The quantitative estimate of drug-likeness (QED) is 0.616. The fourth-order valence-electron chi connectivity index (χ4n) is 2.66. The van der Waals surface area contributed by atoms with Crippen LogP contribution in [0, 0.1) is 0 Å². The average Bonchev–Trinajstić information content (AvgIpc) is 3.19. The third-order valence-electron chi connectivity index (χ3n) is 3.98. The molecule has 0 aliphatic carbocycles. The number of thiophene rings is 1. The summed E-state index contributed by atoms with van der Waals surface area (Å²) in [5.41, 5.74) is 0.492. The first-order chi connectivity index (χ1) is 11.5. The zero-order valence-electron chi connectivity index (χ0n) is 13.4. The van der Waals surface area contributed by atoms with Gasteiger partial charge >= 0.3 is 0 Å². The summed E-state index contributed by atoms with van der Waals surface area (Å²) < 4.78 is 5.88. The lowest BCUT2D eigenvalue weighted by Gasteiger charge is -2.28. The van der Waals surface area contributed by atoms with Gasteiger partial charge in [-0.25, -0.2) is 0 Å². The van der Waals surface area contributed by atoms with E-state index in [0.717, 1.165) is 4.90 Å². The first-order valence-corrected chi connectivity index (χ1v) is 8.41. The van der Waals surface area contributed by atoms with Crippen LogP contribution in [0.15, 0.2) is 35.7 Å². The molecule has 1 aromatic carbocycles. The van der Waals surface area contributed by atoms with Crippen molar-refractivity contribution in [3.8, 4) is 5.75 Å². The number of imide groups is 1. The van der Waals surface area contributed by atoms with E-state index in [4.69, 9.17) is 4.74 Å². The van der Waals surface area contributed by atoms with E-state index in [0.29, 0.717) is 23.4 Å². The molecule has 3 rings (SSSR count). The van der Waals surface area contributed by atoms with Crippen molar-refractivity contribution in [2.75, 3.05) is 20.6 Å². The second kappa shape index (κ2) is 6.35. The third-order valence-corrected chi connectivity index (χ3v) is 4.98. The fraction of sp³-hybridized carbons (Fsp3) is 0.294. The highest BCUT2D eigenvalue weighted by atomic mass is 32.1. The molecule has 24 heavy (non-hydrogen) atoms. The molecule has 0 fully saturated rings. The van der Waals surface area contributed by atoms with Crippen molar-refractivity contribution in [3.05, 3.63) is 51.7 Å². The number of fused-ring (bicyclic) bond motifs is 1. The van der Waals surface area contributed by atoms with Gasteiger partial charge in [-0.05, 0) is 30.6 Å². The van der Waals surface area contributed by atoms with Gasteiger partial charge in [-0.3, -0.25) is 14.5 Å². The monoisotopic (exact) mass is 346 g/mol. The summed E-state index contributed by atoms with van der Waals surface area (Å²) in [7, 11) is 3.22. The molecule has 0 bridgehead atoms. The number of nitrogens with one attached hydrogen (secondary N) is 1. The Morgan fingerprint density at radius 2 is 2.04 bits per heavy atom. The average molecular weight is 346 g/mol. The Labute approximate surface area is 143 Å². The number of nitrogens with zero attached hydrogens (tertiary/aromatic N) is 1. The maximum atomic E-state index is 12.3. The molecule has 1 aliphatic rings. The van der Waals surface area contributed by atoms with E-state index in [1.165, 1.54) is 18.4 Å². The smallest absolute Gasteiger partial charge is 0.265 e. The summed E-state index contributed by atoms with van der Waals surface area (Å²) in [4.78, 5) is 26.1. The summed E-state index contributed by atoms with van der Waals surface area (Å²) in [6, 6.07) is 8.43. The Kier molecular flexibility index (Phi) is 4.40. The maximum absolute atomic E-state index is 12.3. The number of carbonyl (C=O) groups excluding carboxylic acids is 2. The van der Waals surface area contributed by atoms with Crippen molar-refractivity contribution < 1.29 is 19.4 Å². The van der Waals surface area contributed by atoms with Crippen LogP contribution in [-0.4, -0.2) is 42.5 Å². The zero-order valence-corrected chi connectivity index (χ0v) is 14.2. The highest BCUT2D eigenvalue weighted by molar-refractivity contribution is 7.10. The van der Waals surface area contributed by atoms with Gasteiger partial charge in [0.2, 0.25) is 5.79 Å². The van der Waals surface area contributed by atoms with Crippen molar-refractivity contribution in [1.29, 1.82) is 0 Å². The Balaban J connectivity index is 2.01. The normalized spacial score (nSPS) is 16.2. The van der Waals surface area contributed by atoms with Crippen LogP contribution < -0.4 is 10.1 Å². The van der Waals surface area contributed by atoms with Crippen molar-refractivity contribution in [1.82, 2.24) is 10.2 Å². The topological polar surface area (TPSA) is 78.9 Å². The van der Waals surface area contributed by atoms with Crippen LogP contribution in [-0.2, 0) is 5.79 Å². The van der Waals surface area contributed by atoms with E-state index in [-0.39, 0.29) is 17.2 Å². The molecular weight excluding hydrogens is 328 g/mol. The summed E-state index contributed by atoms with van der Waals surface area (Å²) in [5, 5.41) is 15.9. The number of benzene rings is 1. The number of hydrogen-bond acceptors (Lipinski definition) is 6. The Bertz CT molecular complexity index is 775. The van der Waals surface area contributed by atoms with Crippen LogP contribution in [0.1, 0.15) is 32.0 Å². The second-order valence-electron chi connectivity index (χ2n) is 5.57. The molecule has 0 spiro atoms. The highest BCUT2D eigenvalue weighted by Gasteiger charge is 2.39. The largest absolute Gasteiger partial charge is 0.456 e. The number of amides is 2. The SMILES string of the molecule is CNCCC(O)(Oc1cccc2c1C(=O)N(C)C2=O)c1cccs1. The molecular formula is C17H18N2O4S. The number of rotatable bonds is 6. The second-order valence-corrected chi connectivity index (χ2v) is 6.51. The van der Waals surface area contributed by atoms with E-state index in [2.05, 4.69) is 5.32 Å². The Morgan fingerprint density at radius 3 is 2.71 bits per heavy atom. The van der Waals surface area contributed by atoms with Crippen LogP contribution in [0.25, 0.3) is 0 Å². The molecule has 1 aliphatic heterocycles. The molecule has 0 radical (unpaired) electrons. The molecule has 2 N–H and O–H groups in total. The summed E-state index contributed by atoms with van der Waals surface area (Å²) >= 11 is 1.37. The van der Waals surface area contributed by atoms with E-state index in [1.54, 1.807) is 31.3 Å². The van der Waals surface area contributed by atoms with E-state index < -0.39 is 11.7 Å². The van der Waals surface area contributed by atoms with Gasteiger partial charge in [-0.2, -0.15) is 0 Å². The molecule has 2 aromatic rings. The Morgan fingerprint density at radius 1 is 1.25 bits per heavy atom. The van der Waals surface area contributed by atoms with Gasteiger partial charge in [0.05, 0.1) is 16.0 Å². The van der Waals surface area contributed by atoms with Gasteiger partial charge in [0.25, 0.3) is 11.8 Å². The summed E-state index contributed by atoms with van der Waals surface area (Å²) in [5.74, 6) is -2.15. The minimum Gasteiger partial charge on any atom is -0.456 e. The predicted molar refractivity (Wildman–Crippen MR) is 90.3 cm³/mol. The third kappa shape index (κ3) is 2.71. The van der Waals surface area contributed by atoms with E-state index >= 15 is 0 Å². The van der Waals surface area contributed by atoms with E-state index in [1.807, 2.05) is 11.4 Å². The highest BCUT2D eigenvalue weighted by Crippen LogP contribution is 2.37. The van der Waals surface area contributed by atoms with Crippen molar-refractivity contribution in [3.63, 3.8) is 0 Å². The number of hydrogen-bond donors (Lipinski definition) is 2. The molecule has 7 heteroatoms. The van der Waals surface area contributed by atoms with Crippen LogP contribution >= 0.6 is 11.3 Å². The fourth-order valence-corrected chi connectivity index (χ4v) is 3.45.